The lowest BCUT2D eigenvalue weighted by Gasteiger charge is -2.17. The molecule has 0 saturated carbocycles. The molecular formula is C25H25BrN2O2S2. The van der Waals surface area contributed by atoms with Crippen LogP contribution in [0.5, 0.6) is 0 Å². The van der Waals surface area contributed by atoms with Gasteiger partial charge in [0.1, 0.15) is 4.32 Å². The van der Waals surface area contributed by atoms with Gasteiger partial charge in [0.05, 0.1) is 16.2 Å². The van der Waals surface area contributed by atoms with Crippen LogP contribution in [0.4, 0.5) is 5.69 Å². The lowest BCUT2D eigenvalue weighted by atomic mass is 10.1. The van der Waals surface area contributed by atoms with E-state index >= 15 is 0 Å². The predicted octanol–water partition coefficient (Wildman–Crippen LogP) is 6.19. The molecule has 4 nitrogen and oxygen atoms in total. The quantitative estimate of drug-likeness (QED) is 0.232. The van der Waals surface area contributed by atoms with Gasteiger partial charge in [-0.15, -0.1) is 0 Å². The second kappa shape index (κ2) is 10.3. The number of amides is 2. The van der Waals surface area contributed by atoms with Gasteiger partial charge in [-0.3, -0.25) is 14.5 Å². The van der Waals surface area contributed by atoms with Crippen molar-refractivity contribution >= 4 is 67.3 Å². The Labute approximate surface area is 207 Å². The van der Waals surface area contributed by atoms with Crippen LogP contribution in [0.3, 0.4) is 0 Å². The van der Waals surface area contributed by atoms with Gasteiger partial charge in [-0.1, -0.05) is 96.4 Å². The zero-order chi connectivity index (χ0) is 22.7. The average molecular weight is 530 g/mol. The Morgan fingerprint density at radius 2 is 1.72 bits per heavy atom. The Hall–Kier alpha value is -1.96. The highest BCUT2D eigenvalue weighted by Gasteiger charge is 2.41. The molecule has 166 valence electrons. The molecule has 2 aromatic rings. The van der Waals surface area contributed by atoms with E-state index in [0.29, 0.717) is 27.9 Å². The van der Waals surface area contributed by atoms with Crippen molar-refractivity contribution < 1.29 is 9.59 Å². The Morgan fingerprint density at radius 1 is 0.938 bits per heavy atom. The molecular weight excluding hydrogens is 504 g/mol. The molecule has 0 atom stereocenters. The predicted molar refractivity (Wildman–Crippen MR) is 140 cm³/mol. The maximum absolute atomic E-state index is 13.5. The number of halogens is 1. The lowest BCUT2D eigenvalue weighted by molar-refractivity contribution is -0.122. The van der Waals surface area contributed by atoms with Crippen LogP contribution in [0.15, 0.2) is 57.9 Å². The third kappa shape index (κ3) is 4.70. The first-order valence-corrected chi connectivity index (χ1v) is 13.0. The minimum Gasteiger partial charge on any atom is -0.308 e. The van der Waals surface area contributed by atoms with Crippen molar-refractivity contribution in [3.8, 4) is 0 Å². The second-order valence-corrected chi connectivity index (χ2v) is 10.5. The van der Waals surface area contributed by atoms with E-state index in [4.69, 9.17) is 12.2 Å². The summed E-state index contributed by atoms with van der Waals surface area (Å²) < 4.78 is 1.40. The first kappa shape index (κ1) is 23.2. The van der Waals surface area contributed by atoms with Gasteiger partial charge in [-0.25, -0.2) is 0 Å². The molecule has 2 aliphatic rings. The minimum atomic E-state index is -0.168. The number of carbonyl (C=O) groups excluding carboxylic acids is 2. The Bertz CT molecular complexity index is 1080. The van der Waals surface area contributed by atoms with Crippen molar-refractivity contribution in [2.24, 2.45) is 0 Å². The number of unbranched alkanes of at least 4 members (excludes halogenated alkanes) is 3. The number of thioether (sulfide) groups is 1. The van der Waals surface area contributed by atoms with Gasteiger partial charge in [-0.05, 0) is 36.6 Å². The van der Waals surface area contributed by atoms with Crippen molar-refractivity contribution in [1.29, 1.82) is 0 Å². The summed E-state index contributed by atoms with van der Waals surface area (Å²) in [5.41, 5.74) is 3.32. The van der Waals surface area contributed by atoms with Gasteiger partial charge in [0.2, 0.25) is 0 Å². The van der Waals surface area contributed by atoms with E-state index < -0.39 is 0 Å². The molecule has 0 bridgehead atoms. The third-order valence-corrected chi connectivity index (χ3v) is 7.70. The van der Waals surface area contributed by atoms with Crippen LogP contribution < -0.4 is 4.90 Å². The molecule has 32 heavy (non-hydrogen) atoms. The standard InChI is InChI=1S/C25H25BrN2O2S2/c1-2-3-4-8-14-27-20-12-11-18(26)16-19(20)21(23(27)29)22-24(30)28(25(31)32-22)15-13-17-9-6-5-7-10-17/h5-7,9-12,16H,2-4,8,13-15H2,1H3. The fourth-order valence-electron chi connectivity index (χ4n) is 4.07. The number of benzene rings is 2. The highest BCUT2D eigenvalue weighted by Crippen LogP contribution is 2.45. The molecule has 1 fully saturated rings. The van der Waals surface area contributed by atoms with Crippen molar-refractivity contribution in [1.82, 2.24) is 4.90 Å². The number of hydrogen-bond donors (Lipinski definition) is 0. The first-order chi connectivity index (χ1) is 15.5. The first-order valence-electron chi connectivity index (χ1n) is 10.9. The van der Waals surface area contributed by atoms with Crippen LogP contribution in [0.25, 0.3) is 5.57 Å². The molecule has 1 saturated heterocycles. The van der Waals surface area contributed by atoms with Crippen molar-refractivity contribution in [3.63, 3.8) is 0 Å². The largest absolute Gasteiger partial charge is 0.308 e. The number of carbonyl (C=O) groups is 2. The summed E-state index contributed by atoms with van der Waals surface area (Å²) >= 11 is 10.3. The summed E-state index contributed by atoms with van der Waals surface area (Å²) in [6.07, 6.45) is 5.05. The highest BCUT2D eigenvalue weighted by molar-refractivity contribution is 9.10. The van der Waals surface area contributed by atoms with Gasteiger partial charge in [0.25, 0.3) is 11.8 Å². The van der Waals surface area contributed by atoms with Crippen LogP contribution in [-0.2, 0) is 16.0 Å². The van der Waals surface area contributed by atoms with E-state index in [1.54, 1.807) is 4.90 Å². The van der Waals surface area contributed by atoms with Gasteiger partial charge in [-0.2, -0.15) is 0 Å². The normalized spacial score (nSPS) is 18.1. The molecule has 0 aliphatic carbocycles. The van der Waals surface area contributed by atoms with Crippen LogP contribution in [0.1, 0.15) is 43.7 Å². The number of hydrogen-bond acceptors (Lipinski definition) is 4. The molecule has 0 aromatic heterocycles. The molecule has 2 heterocycles. The number of nitrogens with zero attached hydrogens (tertiary/aromatic N) is 2. The van der Waals surface area contributed by atoms with Gasteiger partial charge in [0.15, 0.2) is 0 Å². The highest BCUT2D eigenvalue weighted by atomic mass is 79.9. The van der Waals surface area contributed by atoms with E-state index in [1.165, 1.54) is 11.8 Å². The van der Waals surface area contributed by atoms with Crippen molar-refractivity contribution in [2.45, 2.75) is 39.0 Å². The zero-order valence-corrected chi connectivity index (χ0v) is 21.2. The molecule has 0 spiro atoms. The van der Waals surface area contributed by atoms with E-state index in [2.05, 4.69) is 22.9 Å². The van der Waals surface area contributed by atoms with Gasteiger partial charge in [0, 0.05) is 23.1 Å². The maximum atomic E-state index is 13.5. The smallest absolute Gasteiger partial charge is 0.267 e. The van der Waals surface area contributed by atoms with Crippen LogP contribution in [0.2, 0.25) is 0 Å². The SMILES string of the molecule is CCCCCCN1C(=O)C(=C2SC(=S)N(CCc3ccccc3)C2=O)c2cc(Br)ccc21. The Balaban J connectivity index is 1.61. The lowest BCUT2D eigenvalue weighted by Crippen LogP contribution is -2.31. The van der Waals surface area contributed by atoms with E-state index in [1.807, 2.05) is 53.4 Å². The van der Waals surface area contributed by atoms with Gasteiger partial charge < -0.3 is 4.90 Å². The molecule has 2 aliphatic heterocycles. The molecule has 0 N–H and O–H groups in total. The fourth-order valence-corrected chi connectivity index (χ4v) is 5.81. The summed E-state index contributed by atoms with van der Waals surface area (Å²) in [5, 5.41) is 0. The summed E-state index contributed by atoms with van der Waals surface area (Å²) in [6.45, 7) is 3.34. The van der Waals surface area contributed by atoms with Crippen LogP contribution in [0, 0.1) is 0 Å². The summed E-state index contributed by atoms with van der Waals surface area (Å²) in [7, 11) is 0. The second-order valence-electron chi connectivity index (χ2n) is 7.94. The average Bonchev–Trinajstić information content (AvgIpc) is 3.22. The molecule has 0 radical (unpaired) electrons. The molecule has 4 rings (SSSR count). The number of thiocarbonyl (C=S) groups is 1. The van der Waals surface area contributed by atoms with Crippen LogP contribution in [-0.4, -0.2) is 34.1 Å². The van der Waals surface area contributed by atoms with E-state index in [0.717, 1.165) is 53.4 Å². The summed E-state index contributed by atoms with van der Waals surface area (Å²) in [6, 6.07) is 15.9. The molecule has 2 aromatic carbocycles. The van der Waals surface area contributed by atoms with Gasteiger partial charge >= 0.3 is 0 Å². The van der Waals surface area contributed by atoms with E-state index in [9.17, 15) is 9.59 Å². The van der Waals surface area contributed by atoms with Crippen LogP contribution >= 0.6 is 39.9 Å². The van der Waals surface area contributed by atoms with Crippen molar-refractivity contribution in [3.05, 3.63) is 69.0 Å². The minimum absolute atomic E-state index is 0.0989. The number of anilines is 1. The Morgan fingerprint density at radius 3 is 2.47 bits per heavy atom. The number of rotatable bonds is 8. The molecule has 2 amide bonds. The van der Waals surface area contributed by atoms with E-state index in [-0.39, 0.29) is 11.8 Å². The van der Waals surface area contributed by atoms with Crippen molar-refractivity contribution in [2.75, 3.05) is 18.0 Å². The topological polar surface area (TPSA) is 40.6 Å². The molecule has 7 heteroatoms. The zero-order valence-electron chi connectivity index (χ0n) is 18.0. The maximum Gasteiger partial charge on any atom is 0.267 e. The number of fused-ring (bicyclic) bond motifs is 1. The fraction of sp³-hybridized carbons (Fsp3) is 0.320. The summed E-state index contributed by atoms with van der Waals surface area (Å²) in [5.74, 6) is -0.267. The third-order valence-electron chi connectivity index (χ3n) is 5.76. The summed E-state index contributed by atoms with van der Waals surface area (Å²) in [4.78, 5) is 30.7. The molecule has 0 unspecified atom stereocenters. The Kier molecular flexibility index (Phi) is 7.48. The monoisotopic (exact) mass is 528 g/mol.